The minimum Gasteiger partial charge on any atom is -0.503 e. The molecule has 1 unspecified atom stereocenters. The zero-order valence-electron chi connectivity index (χ0n) is 22.2. The highest BCUT2D eigenvalue weighted by Crippen LogP contribution is 2.45. The maximum Gasteiger partial charge on any atom is 0.296 e. The largest absolute Gasteiger partial charge is 0.503 e. The Morgan fingerprint density at radius 3 is 2.60 bits per heavy atom. The fourth-order valence-corrected chi connectivity index (χ4v) is 6.84. The van der Waals surface area contributed by atoms with Gasteiger partial charge in [0.15, 0.2) is 27.2 Å². The molecule has 3 aromatic carbocycles. The molecular formula is C30H22ClN3O6S2. The lowest BCUT2D eigenvalue weighted by molar-refractivity contribution is -0.117. The summed E-state index contributed by atoms with van der Waals surface area (Å²) in [7, 11) is 3.05. The Bertz CT molecular complexity index is 1850. The maximum absolute atomic E-state index is 13.9. The van der Waals surface area contributed by atoms with Gasteiger partial charge >= 0.3 is 0 Å². The number of halogens is 1. The molecule has 9 nitrogen and oxygen atoms in total. The topological polar surface area (TPSA) is 115 Å². The molecule has 1 amide bonds. The molecule has 5 aromatic rings. The summed E-state index contributed by atoms with van der Waals surface area (Å²) in [6.45, 7) is 0. The molecule has 2 aromatic heterocycles. The number of fused-ring (bicyclic) bond motifs is 1. The van der Waals surface area contributed by atoms with E-state index in [2.05, 4.69) is 10.2 Å². The number of ether oxygens (including phenoxy) is 2. The second-order valence-corrected chi connectivity index (χ2v) is 11.7. The van der Waals surface area contributed by atoms with E-state index < -0.39 is 23.5 Å². The second kappa shape index (κ2) is 11.5. The van der Waals surface area contributed by atoms with E-state index in [0.29, 0.717) is 43.1 Å². The number of hydrogen-bond donors (Lipinski definition) is 1. The molecule has 0 saturated heterocycles. The number of nitrogens with zero attached hydrogens (tertiary/aromatic N) is 3. The summed E-state index contributed by atoms with van der Waals surface area (Å²) >= 11 is 8.89. The lowest BCUT2D eigenvalue weighted by Gasteiger charge is -2.24. The van der Waals surface area contributed by atoms with Gasteiger partial charge in [-0.2, -0.15) is 0 Å². The monoisotopic (exact) mass is 619 g/mol. The first-order chi connectivity index (χ1) is 20.4. The van der Waals surface area contributed by atoms with Crippen molar-refractivity contribution in [1.29, 1.82) is 0 Å². The minimum atomic E-state index is -1.000. The Kier molecular flexibility index (Phi) is 7.63. The number of carbonyl (C=O) groups is 2. The fraction of sp³-hybridized carbons (Fsp3) is 0.133. The van der Waals surface area contributed by atoms with Gasteiger partial charge in [0, 0.05) is 16.2 Å². The molecule has 0 aliphatic carbocycles. The molecule has 3 heterocycles. The number of thioether (sulfide) groups is 1. The van der Waals surface area contributed by atoms with Crippen LogP contribution < -0.4 is 14.4 Å². The van der Waals surface area contributed by atoms with E-state index in [4.69, 9.17) is 25.5 Å². The van der Waals surface area contributed by atoms with Crippen LogP contribution in [0.25, 0.3) is 11.0 Å². The van der Waals surface area contributed by atoms with Crippen molar-refractivity contribution in [2.75, 3.05) is 19.1 Å². The van der Waals surface area contributed by atoms with E-state index in [9.17, 15) is 14.7 Å². The standard InChI is InChI=1S/C30H22ClN3O6S2/c1-38-19-12-10-16(11-13-19)24-23(25(35)22-14-17-7-5-9-21(39-2)27(17)40-22)26(36)28(37)34(24)29-32-33-30(42-29)41-15-18-6-3-4-8-20(18)31/h3-14,24,36H,15H2,1-2H3. The molecule has 0 spiro atoms. The van der Waals surface area contributed by atoms with Crippen LogP contribution in [-0.4, -0.2) is 41.2 Å². The molecule has 1 aliphatic heterocycles. The van der Waals surface area contributed by atoms with Crippen LogP contribution in [0.2, 0.25) is 5.02 Å². The summed E-state index contributed by atoms with van der Waals surface area (Å²) in [6, 6.07) is 20.2. The van der Waals surface area contributed by atoms with Gasteiger partial charge < -0.3 is 19.0 Å². The van der Waals surface area contributed by atoms with Crippen LogP contribution in [0.1, 0.15) is 27.7 Å². The highest BCUT2D eigenvalue weighted by atomic mass is 35.5. The molecule has 212 valence electrons. The number of anilines is 1. The number of aliphatic hydroxyl groups is 1. The lowest BCUT2D eigenvalue weighted by Crippen LogP contribution is -2.31. The molecule has 1 aliphatic rings. The Morgan fingerprint density at radius 2 is 1.86 bits per heavy atom. The Morgan fingerprint density at radius 1 is 1.07 bits per heavy atom. The van der Waals surface area contributed by atoms with Crippen molar-refractivity contribution in [3.63, 3.8) is 0 Å². The van der Waals surface area contributed by atoms with Gasteiger partial charge in [-0.15, -0.1) is 10.2 Å². The third-order valence-electron chi connectivity index (χ3n) is 6.75. The first kappa shape index (κ1) is 27.8. The molecule has 0 saturated carbocycles. The van der Waals surface area contributed by atoms with Gasteiger partial charge in [0.05, 0.1) is 25.8 Å². The second-order valence-electron chi connectivity index (χ2n) is 9.16. The number of carbonyl (C=O) groups excluding carboxylic acids is 2. The average Bonchev–Trinajstić information content (AvgIpc) is 3.73. The van der Waals surface area contributed by atoms with Crippen LogP contribution in [0, 0.1) is 0 Å². The summed E-state index contributed by atoms with van der Waals surface area (Å²) in [6.07, 6.45) is 0. The van der Waals surface area contributed by atoms with Crippen molar-refractivity contribution in [2.24, 2.45) is 0 Å². The number of aliphatic hydroxyl groups excluding tert-OH is 1. The summed E-state index contributed by atoms with van der Waals surface area (Å²) < 4.78 is 17.1. The number of benzene rings is 3. The molecule has 1 N–H and O–H groups in total. The van der Waals surface area contributed by atoms with Crippen LogP contribution in [-0.2, 0) is 10.5 Å². The Hall–Kier alpha value is -4.32. The number of ketones is 1. The summed E-state index contributed by atoms with van der Waals surface area (Å²) in [5.41, 5.74) is 1.74. The van der Waals surface area contributed by atoms with E-state index in [1.807, 2.05) is 24.3 Å². The van der Waals surface area contributed by atoms with E-state index >= 15 is 0 Å². The molecule has 6 rings (SSSR count). The van der Waals surface area contributed by atoms with Gasteiger partial charge in [-0.3, -0.25) is 14.5 Å². The molecular weight excluding hydrogens is 598 g/mol. The van der Waals surface area contributed by atoms with Crippen LogP contribution in [0.4, 0.5) is 5.13 Å². The smallest absolute Gasteiger partial charge is 0.296 e. The fourth-order valence-electron chi connectivity index (χ4n) is 4.69. The number of Topliss-reactive ketones (excluding diaryl/α,β-unsaturated/α-hetero) is 1. The van der Waals surface area contributed by atoms with Gasteiger partial charge in [0.2, 0.25) is 10.9 Å². The first-order valence-electron chi connectivity index (χ1n) is 12.6. The minimum absolute atomic E-state index is 0.0440. The van der Waals surface area contributed by atoms with Crippen LogP contribution in [0.15, 0.2) is 92.9 Å². The molecule has 0 fully saturated rings. The summed E-state index contributed by atoms with van der Waals surface area (Å²) in [5.74, 6) is -0.545. The Labute approximate surface area is 253 Å². The maximum atomic E-state index is 13.9. The van der Waals surface area contributed by atoms with Crippen molar-refractivity contribution < 1.29 is 28.6 Å². The van der Waals surface area contributed by atoms with Gasteiger partial charge in [0.1, 0.15) is 5.75 Å². The zero-order chi connectivity index (χ0) is 29.4. The predicted molar refractivity (Wildman–Crippen MR) is 161 cm³/mol. The van der Waals surface area contributed by atoms with Crippen LogP contribution in [0.5, 0.6) is 11.5 Å². The van der Waals surface area contributed by atoms with E-state index in [1.165, 1.54) is 35.1 Å². The van der Waals surface area contributed by atoms with Crippen LogP contribution >= 0.6 is 34.7 Å². The highest BCUT2D eigenvalue weighted by Gasteiger charge is 2.47. The lowest BCUT2D eigenvalue weighted by atomic mass is 9.95. The van der Waals surface area contributed by atoms with Crippen molar-refractivity contribution in [1.82, 2.24) is 10.2 Å². The van der Waals surface area contributed by atoms with Gasteiger partial charge in [0.25, 0.3) is 5.91 Å². The number of hydrogen-bond acceptors (Lipinski definition) is 10. The average molecular weight is 620 g/mol. The van der Waals surface area contributed by atoms with Crippen molar-refractivity contribution >= 4 is 62.5 Å². The first-order valence-corrected chi connectivity index (χ1v) is 14.8. The summed E-state index contributed by atoms with van der Waals surface area (Å²) in [5, 5.41) is 21.2. The van der Waals surface area contributed by atoms with Crippen molar-refractivity contribution in [3.05, 3.63) is 106 Å². The van der Waals surface area contributed by atoms with Gasteiger partial charge in [-0.1, -0.05) is 77.2 Å². The SMILES string of the molecule is COc1ccc(C2C(C(=O)c3cc4cccc(OC)c4o3)=C(O)C(=O)N2c2nnc(SCc3ccccc3Cl)s2)cc1. The van der Waals surface area contributed by atoms with Crippen LogP contribution in [0.3, 0.4) is 0 Å². The third-order valence-corrected chi connectivity index (χ3v) is 9.22. The number of para-hydroxylation sites is 1. The normalized spacial score (nSPS) is 15.1. The third kappa shape index (κ3) is 5.00. The van der Waals surface area contributed by atoms with E-state index in [1.54, 1.807) is 55.6 Å². The molecule has 42 heavy (non-hydrogen) atoms. The summed E-state index contributed by atoms with van der Waals surface area (Å²) in [4.78, 5) is 28.8. The number of methoxy groups -OCH3 is 2. The van der Waals surface area contributed by atoms with Crippen molar-refractivity contribution in [3.8, 4) is 11.5 Å². The molecule has 0 bridgehead atoms. The number of rotatable bonds is 9. The molecule has 0 radical (unpaired) electrons. The van der Waals surface area contributed by atoms with E-state index in [-0.39, 0.29) is 16.5 Å². The number of amides is 1. The molecule has 1 atom stereocenters. The highest BCUT2D eigenvalue weighted by molar-refractivity contribution is 8.00. The number of furan rings is 1. The molecule has 12 heteroatoms. The van der Waals surface area contributed by atoms with Gasteiger partial charge in [-0.25, -0.2) is 0 Å². The van der Waals surface area contributed by atoms with Gasteiger partial charge in [-0.05, 0) is 41.5 Å². The van der Waals surface area contributed by atoms with Crippen molar-refractivity contribution in [2.45, 2.75) is 16.1 Å². The predicted octanol–water partition coefficient (Wildman–Crippen LogP) is 7.03. The Balaban J connectivity index is 1.38. The van der Waals surface area contributed by atoms with E-state index in [0.717, 1.165) is 5.56 Å². The zero-order valence-corrected chi connectivity index (χ0v) is 24.6. The quantitative estimate of drug-likeness (QED) is 0.105. The number of aromatic nitrogens is 2.